The van der Waals surface area contributed by atoms with Crippen LogP contribution in [0.25, 0.3) is 32.5 Å². The Balaban J connectivity index is 1.72. The van der Waals surface area contributed by atoms with Crippen LogP contribution in [-0.2, 0) is 12.8 Å². The molecule has 1 aromatic heterocycles. The molecule has 5 heteroatoms. The van der Waals surface area contributed by atoms with Crippen molar-refractivity contribution in [1.29, 1.82) is 0 Å². The third-order valence-corrected chi connectivity index (χ3v) is 7.38. The normalized spacial score (nSPS) is 17.9. The maximum atomic E-state index is 10.8. The van der Waals surface area contributed by atoms with Crippen LogP contribution in [0, 0.1) is 0 Å². The number of hydrogen-bond donors (Lipinski definition) is 2. The molecule has 2 heterocycles. The number of likely N-dealkylation sites (N-methyl/N-ethyl adjacent to an activating group) is 1. The molecule has 29 heavy (non-hydrogen) atoms. The minimum Gasteiger partial charge on any atom is -0.504 e. The van der Waals surface area contributed by atoms with Crippen LogP contribution in [0.2, 0.25) is 0 Å². The monoisotopic (exact) mass is 400 g/mol. The van der Waals surface area contributed by atoms with Crippen LogP contribution in [0.3, 0.4) is 0 Å². The van der Waals surface area contributed by atoms with Crippen LogP contribution in [0.4, 0.5) is 0 Å². The first-order chi connectivity index (χ1) is 14.1. The second-order valence-corrected chi connectivity index (χ2v) is 8.78. The first kappa shape index (κ1) is 17.0. The summed E-state index contributed by atoms with van der Waals surface area (Å²) in [7, 11) is 2.18. The third-order valence-electron chi connectivity index (χ3n) is 6.46. The van der Waals surface area contributed by atoms with Crippen LogP contribution in [0.1, 0.15) is 22.7 Å². The lowest BCUT2D eigenvalue weighted by atomic mass is 9.76. The van der Waals surface area contributed by atoms with Crippen molar-refractivity contribution in [2.24, 2.45) is 0 Å². The number of phenols is 2. The first-order valence-electron chi connectivity index (χ1n) is 9.88. The second-order valence-electron chi connectivity index (χ2n) is 8.01. The Morgan fingerprint density at radius 2 is 1.93 bits per heavy atom. The van der Waals surface area contributed by atoms with Gasteiger partial charge in [0.1, 0.15) is 0 Å². The van der Waals surface area contributed by atoms with E-state index in [-0.39, 0.29) is 17.5 Å². The predicted octanol–water partition coefficient (Wildman–Crippen LogP) is 5.13. The molecule has 1 atom stereocenters. The van der Waals surface area contributed by atoms with Crippen LogP contribution in [-0.4, -0.2) is 33.1 Å². The lowest BCUT2D eigenvalue weighted by molar-refractivity contribution is 0.229. The lowest BCUT2D eigenvalue weighted by Crippen LogP contribution is -2.35. The number of phenolic OH excluding ortho intramolecular Hbond substituents is 2. The third kappa shape index (κ3) is 2.32. The number of benzene rings is 3. The zero-order valence-electron chi connectivity index (χ0n) is 16.0. The minimum absolute atomic E-state index is 0.0137. The van der Waals surface area contributed by atoms with E-state index in [0.29, 0.717) is 0 Å². The fraction of sp³-hybridized carbons (Fsp3) is 0.208. The summed E-state index contributed by atoms with van der Waals surface area (Å²) in [6, 6.07) is 16.3. The van der Waals surface area contributed by atoms with Crippen molar-refractivity contribution in [3.05, 3.63) is 65.2 Å². The van der Waals surface area contributed by atoms with E-state index >= 15 is 0 Å². The van der Waals surface area contributed by atoms with Gasteiger partial charge in [0, 0.05) is 29.1 Å². The minimum atomic E-state index is -0.0630. The van der Waals surface area contributed by atoms with Crippen molar-refractivity contribution in [2.75, 3.05) is 13.6 Å². The fourth-order valence-electron chi connectivity index (χ4n) is 5.02. The van der Waals surface area contributed by atoms with Crippen LogP contribution >= 0.6 is 11.5 Å². The van der Waals surface area contributed by atoms with E-state index in [2.05, 4.69) is 30.1 Å². The number of aromatic nitrogens is 1. The smallest absolute Gasteiger partial charge is 0.165 e. The van der Waals surface area contributed by atoms with Crippen molar-refractivity contribution in [3.63, 3.8) is 0 Å². The Hall–Kier alpha value is -2.89. The molecule has 4 nitrogen and oxygen atoms in total. The predicted molar refractivity (Wildman–Crippen MR) is 117 cm³/mol. The molecule has 0 radical (unpaired) electrons. The number of aromatic hydroxyl groups is 2. The van der Waals surface area contributed by atoms with Gasteiger partial charge in [-0.25, -0.2) is 0 Å². The number of fused-ring (bicyclic) bond motifs is 4. The topological polar surface area (TPSA) is 56.6 Å². The van der Waals surface area contributed by atoms with Gasteiger partial charge in [0.15, 0.2) is 11.5 Å². The Morgan fingerprint density at radius 3 is 2.76 bits per heavy atom. The van der Waals surface area contributed by atoms with Crippen molar-refractivity contribution < 1.29 is 10.2 Å². The van der Waals surface area contributed by atoms with Crippen molar-refractivity contribution in [2.45, 2.75) is 18.9 Å². The van der Waals surface area contributed by atoms with Gasteiger partial charge >= 0.3 is 0 Å². The molecule has 3 aromatic carbocycles. The summed E-state index contributed by atoms with van der Waals surface area (Å²) in [5.74, 6) is -0.0767. The summed E-state index contributed by atoms with van der Waals surface area (Å²) in [6.07, 6.45) is 1.81. The largest absolute Gasteiger partial charge is 0.504 e. The summed E-state index contributed by atoms with van der Waals surface area (Å²) in [5.41, 5.74) is 7.65. The average Bonchev–Trinajstić information content (AvgIpc) is 3.17. The highest BCUT2D eigenvalue weighted by Gasteiger charge is 2.36. The summed E-state index contributed by atoms with van der Waals surface area (Å²) >= 11 is 1.58. The molecule has 0 saturated heterocycles. The molecule has 0 bridgehead atoms. The van der Waals surface area contributed by atoms with E-state index in [1.165, 1.54) is 15.8 Å². The van der Waals surface area contributed by atoms with E-state index < -0.39 is 0 Å². The summed E-state index contributed by atoms with van der Waals surface area (Å²) in [5, 5.41) is 22.1. The molecule has 144 valence electrons. The maximum Gasteiger partial charge on any atom is 0.165 e. The average molecular weight is 401 g/mol. The molecule has 1 aliphatic carbocycles. The van der Waals surface area contributed by atoms with E-state index in [4.69, 9.17) is 4.37 Å². The van der Waals surface area contributed by atoms with Gasteiger partial charge < -0.3 is 10.2 Å². The van der Waals surface area contributed by atoms with Crippen LogP contribution in [0.15, 0.2) is 48.5 Å². The molecule has 0 amide bonds. The molecule has 0 saturated carbocycles. The van der Waals surface area contributed by atoms with Crippen molar-refractivity contribution in [3.8, 4) is 33.9 Å². The van der Waals surface area contributed by atoms with Crippen molar-refractivity contribution in [1.82, 2.24) is 9.27 Å². The fourth-order valence-corrected chi connectivity index (χ4v) is 5.98. The molecule has 4 aromatic rings. The molecule has 2 N–H and O–H groups in total. The zero-order valence-corrected chi connectivity index (χ0v) is 16.8. The number of rotatable bonds is 1. The van der Waals surface area contributed by atoms with Gasteiger partial charge in [-0.2, -0.15) is 4.37 Å². The quantitative estimate of drug-likeness (QED) is 0.435. The highest BCUT2D eigenvalue weighted by atomic mass is 32.1. The molecule has 2 aliphatic rings. The molecular formula is C24H20N2O2S. The van der Waals surface area contributed by atoms with Crippen LogP contribution in [0.5, 0.6) is 11.5 Å². The maximum absolute atomic E-state index is 10.8. The Labute approximate surface area is 172 Å². The Bertz CT molecular complexity index is 1280. The first-order valence-corrected chi connectivity index (χ1v) is 10.7. The molecule has 1 aliphatic heterocycles. The van der Waals surface area contributed by atoms with Gasteiger partial charge in [0.05, 0.1) is 10.4 Å². The summed E-state index contributed by atoms with van der Waals surface area (Å²) in [4.78, 5) is 2.41. The van der Waals surface area contributed by atoms with E-state index in [0.717, 1.165) is 52.7 Å². The summed E-state index contributed by atoms with van der Waals surface area (Å²) in [6.45, 7) is 1.01. The van der Waals surface area contributed by atoms with Gasteiger partial charge in [0.2, 0.25) is 0 Å². The van der Waals surface area contributed by atoms with Gasteiger partial charge in [0.25, 0.3) is 0 Å². The molecule has 0 unspecified atom stereocenters. The number of hydrogen-bond acceptors (Lipinski definition) is 5. The molecule has 0 spiro atoms. The number of nitrogens with zero attached hydrogens (tertiary/aromatic N) is 2. The van der Waals surface area contributed by atoms with E-state index in [1.54, 1.807) is 17.6 Å². The zero-order chi connectivity index (χ0) is 19.7. The molecule has 0 fully saturated rings. The molecular weight excluding hydrogens is 380 g/mol. The molecule has 6 rings (SSSR count). The Morgan fingerprint density at radius 1 is 1.10 bits per heavy atom. The standard InChI is InChI=1S/C24H20N2O2S/c1-26-10-9-15-21-16(20-14(11-18(21)26)7-8-19(27)23(20)28)12-17-22(25-29-24(15)17)13-5-3-2-4-6-13/h2-8,12,18,27-28H,9-11H2,1H3/t18-/m1/s1. The highest BCUT2D eigenvalue weighted by Crippen LogP contribution is 2.53. The van der Waals surface area contributed by atoms with Crippen LogP contribution < -0.4 is 0 Å². The van der Waals surface area contributed by atoms with E-state index in [1.807, 2.05) is 24.3 Å². The van der Waals surface area contributed by atoms with Gasteiger partial charge in [-0.05, 0) is 65.8 Å². The van der Waals surface area contributed by atoms with Gasteiger partial charge in [-0.1, -0.05) is 36.4 Å². The SMILES string of the molecule is CN1CCc2c3c(cc4c(-c5ccccc5)nsc24)-c2c(ccc(O)c2O)C[C@H]31. The summed E-state index contributed by atoms with van der Waals surface area (Å²) < 4.78 is 6.08. The van der Waals surface area contributed by atoms with Gasteiger partial charge in [-0.3, -0.25) is 4.90 Å². The second kappa shape index (κ2) is 6.05. The van der Waals surface area contributed by atoms with Gasteiger partial charge in [-0.15, -0.1) is 0 Å². The van der Waals surface area contributed by atoms with E-state index in [9.17, 15) is 10.2 Å². The lowest BCUT2D eigenvalue weighted by Gasteiger charge is -2.40. The highest BCUT2D eigenvalue weighted by molar-refractivity contribution is 7.14. The van der Waals surface area contributed by atoms with Crippen molar-refractivity contribution >= 4 is 21.6 Å². The Kier molecular flexibility index (Phi) is 3.55.